The highest BCUT2D eigenvalue weighted by Gasteiger charge is 2.25. The van der Waals surface area contributed by atoms with Crippen molar-refractivity contribution in [2.75, 3.05) is 20.1 Å². The highest BCUT2D eigenvalue weighted by molar-refractivity contribution is 5.81. The van der Waals surface area contributed by atoms with Gasteiger partial charge in [-0.2, -0.15) is 0 Å². The molecule has 1 fully saturated rings. The van der Waals surface area contributed by atoms with E-state index in [0.29, 0.717) is 6.54 Å². The van der Waals surface area contributed by atoms with Gasteiger partial charge in [-0.3, -0.25) is 9.69 Å². The molecule has 0 aromatic heterocycles. The van der Waals surface area contributed by atoms with E-state index in [2.05, 4.69) is 29.2 Å². The Labute approximate surface area is 121 Å². The minimum atomic E-state index is -0.0673. The Balaban J connectivity index is 1.92. The number of benzene rings is 1. The van der Waals surface area contributed by atoms with Gasteiger partial charge in [0.2, 0.25) is 5.91 Å². The Bertz CT molecular complexity index is 438. The first-order chi connectivity index (χ1) is 9.61. The molecule has 1 unspecified atom stereocenters. The summed E-state index contributed by atoms with van der Waals surface area (Å²) < 4.78 is 0. The van der Waals surface area contributed by atoms with Crippen molar-refractivity contribution < 1.29 is 4.79 Å². The van der Waals surface area contributed by atoms with Crippen LogP contribution in [0.4, 0.5) is 0 Å². The van der Waals surface area contributed by atoms with Crippen molar-refractivity contribution in [3.05, 3.63) is 35.4 Å². The normalized spacial score (nSPS) is 16.7. The van der Waals surface area contributed by atoms with Gasteiger partial charge in [-0.1, -0.05) is 24.3 Å². The number of carbonyl (C=O) groups excluding carboxylic acids is 1. The van der Waals surface area contributed by atoms with Gasteiger partial charge < -0.3 is 10.6 Å². The van der Waals surface area contributed by atoms with Crippen LogP contribution in [-0.2, 0) is 17.9 Å². The molecule has 0 aliphatic carbocycles. The average Bonchev–Trinajstić information content (AvgIpc) is 3.00. The third kappa shape index (κ3) is 3.58. The standard InChI is InChI=1S/C16H25N3O/c1-13(16(20)19-9-3-4-10-19)18(2)12-15-7-5-14(11-17)6-8-15/h5-8,13H,3-4,9-12,17H2,1-2H3. The SMILES string of the molecule is CC(C(=O)N1CCCC1)N(C)Cc1ccc(CN)cc1. The lowest BCUT2D eigenvalue weighted by atomic mass is 10.1. The number of hydrogen-bond acceptors (Lipinski definition) is 3. The third-order valence-electron chi connectivity index (χ3n) is 4.13. The van der Waals surface area contributed by atoms with E-state index in [1.165, 1.54) is 5.56 Å². The van der Waals surface area contributed by atoms with Crippen LogP contribution in [0, 0.1) is 0 Å². The number of amides is 1. The van der Waals surface area contributed by atoms with Gasteiger partial charge in [-0.15, -0.1) is 0 Å². The van der Waals surface area contributed by atoms with Crippen LogP contribution in [0.3, 0.4) is 0 Å². The molecule has 1 atom stereocenters. The monoisotopic (exact) mass is 275 g/mol. The van der Waals surface area contributed by atoms with Crippen LogP contribution < -0.4 is 5.73 Å². The Kier molecular flexibility index (Phi) is 5.15. The molecule has 1 aromatic carbocycles. The topological polar surface area (TPSA) is 49.6 Å². The molecule has 0 radical (unpaired) electrons. The summed E-state index contributed by atoms with van der Waals surface area (Å²) in [5, 5.41) is 0. The fraction of sp³-hybridized carbons (Fsp3) is 0.562. The summed E-state index contributed by atoms with van der Waals surface area (Å²) >= 11 is 0. The molecule has 1 amide bonds. The summed E-state index contributed by atoms with van der Waals surface area (Å²) in [6.45, 7) is 5.19. The number of nitrogens with zero attached hydrogens (tertiary/aromatic N) is 2. The molecule has 1 aromatic rings. The van der Waals surface area contributed by atoms with Crippen LogP contribution in [0.15, 0.2) is 24.3 Å². The van der Waals surface area contributed by atoms with E-state index < -0.39 is 0 Å². The van der Waals surface area contributed by atoms with Crippen molar-refractivity contribution in [1.29, 1.82) is 0 Å². The van der Waals surface area contributed by atoms with E-state index in [1.807, 2.05) is 18.9 Å². The van der Waals surface area contributed by atoms with Crippen molar-refractivity contribution in [3.63, 3.8) is 0 Å². The quantitative estimate of drug-likeness (QED) is 0.888. The van der Waals surface area contributed by atoms with E-state index in [-0.39, 0.29) is 11.9 Å². The third-order valence-corrected chi connectivity index (χ3v) is 4.13. The second-order valence-corrected chi connectivity index (χ2v) is 5.64. The maximum absolute atomic E-state index is 12.3. The number of carbonyl (C=O) groups is 1. The second-order valence-electron chi connectivity index (χ2n) is 5.64. The molecule has 0 bridgehead atoms. The molecule has 1 saturated heterocycles. The first-order valence-corrected chi connectivity index (χ1v) is 7.38. The van der Waals surface area contributed by atoms with E-state index in [0.717, 1.165) is 38.0 Å². The first kappa shape index (κ1) is 15.0. The predicted molar refractivity (Wildman–Crippen MR) is 81.1 cm³/mol. The van der Waals surface area contributed by atoms with Gasteiger partial charge in [0.1, 0.15) is 0 Å². The number of hydrogen-bond donors (Lipinski definition) is 1. The van der Waals surface area contributed by atoms with Crippen molar-refractivity contribution in [3.8, 4) is 0 Å². The molecular weight excluding hydrogens is 250 g/mol. The van der Waals surface area contributed by atoms with E-state index >= 15 is 0 Å². The van der Waals surface area contributed by atoms with Crippen molar-refractivity contribution in [1.82, 2.24) is 9.80 Å². The van der Waals surface area contributed by atoms with Crippen LogP contribution in [0.2, 0.25) is 0 Å². The summed E-state index contributed by atoms with van der Waals surface area (Å²) in [4.78, 5) is 16.4. The highest BCUT2D eigenvalue weighted by atomic mass is 16.2. The average molecular weight is 275 g/mol. The maximum Gasteiger partial charge on any atom is 0.239 e. The molecule has 4 nitrogen and oxygen atoms in total. The number of rotatable bonds is 5. The summed E-state index contributed by atoms with van der Waals surface area (Å²) in [5.41, 5.74) is 7.95. The molecule has 2 N–H and O–H groups in total. The Morgan fingerprint density at radius 2 is 1.80 bits per heavy atom. The van der Waals surface area contributed by atoms with Gasteiger partial charge in [-0.25, -0.2) is 0 Å². The van der Waals surface area contributed by atoms with E-state index in [4.69, 9.17) is 5.73 Å². The molecule has 1 aliphatic rings. The Morgan fingerprint density at radius 1 is 1.25 bits per heavy atom. The largest absolute Gasteiger partial charge is 0.341 e. The maximum atomic E-state index is 12.3. The van der Waals surface area contributed by atoms with Crippen LogP contribution >= 0.6 is 0 Å². The summed E-state index contributed by atoms with van der Waals surface area (Å²) in [5.74, 6) is 0.253. The molecule has 1 aliphatic heterocycles. The van der Waals surface area contributed by atoms with Gasteiger partial charge >= 0.3 is 0 Å². The number of nitrogens with two attached hydrogens (primary N) is 1. The van der Waals surface area contributed by atoms with Crippen molar-refractivity contribution in [2.45, 2.75) is 38.9 Å². The summed E-state index contributed by atoms with van der Waals surface area (Å²) in [7, 11) is 2.01. The van der Waals surface area contributed by atoms with Gasteiger partial charge in [0.25, 0.3) is 0 Å². The van der Waals surface area contributed by atoms with Gasteiger partial charge in [0.15, 0.2) is 0 Å². The fourth-order valence-corrected chi connectivity index (χ4v) is 2.60. The van der Waals surface area contributed by atoms with E-state index in [1.54, 1.807) is 0 Å². The minimum Gasteiger partial charge on any atom is -0.341 e. The second kappa shape index (κ2) is 6.86. The van der Waals surface area contributed by atoms with Crippen LogP contribution in [0.1, 0.15) is 30.9 Å². The lowest BCUT2D eigenvalue weighted by Crippen LogP contribution is -2.44. The molecular formula is C16H25N3O. The zero-order valence-electron chi connectivity index (χ0n) is 12.5. The summed E-state index contributed by atoms with van der Waals surface area (Å²) in [6, 6.07) is 8.21. The molecule has 0 saturated carbocycles. The lowest BCUT2D eigenvalue weighted by molar-refractivity contribution is -0.135. The number of likely N-dealkylation sites (N-methyl/N-ethyl adjacent to an activating group) is 1. The molecule has 2 rings (SSSR count). The highest BCUT2D eigenvalue weighted by Crippen LogP contribution is 2.13. The van der Waals surface area contributed by atoms with E-state index in [9.17, 15) is 4.79 Å². The summed E-state index contributed by atoms with van der Waals surface area (Å²) in [6.07, 6.45) is 2.28. The van der Waals surface area contributed by atoms with Gasteiger partial charge in [0.05, 0.1) is 6.04 Å². The molecule has 1 heterocycles. The fourth-order valence-electron chi connectivity index (χ4n) is 2.60. The first-order valence-electron chi connectivity index (χ1n) is 7.38. The smallest absolute Gasteiger partial charge is 0.239 e. The zero-order valence-corrected chi connectivity index (χ0v) is 12.5. The molecule has 20 heavy (non-hydrogen) atoms. The van der Waals surface area contributed by atoms with Gasteiger partial charge in [0, 0.05) is 26.2 Å². The molecule has 110 valence electrons. The van der Waals surface area contributed by atoms with Crippen molar-refractivity contribution >= 4 is 5.91 Å². The van der Waals surface area contributed by atoms with Crippen LogP contribution in [0.25, 0.3) is 0 Å². The van der Waals surface area contributed by atoms with Gasteiger partial charge in [-0.05, 0) is 37.9 Å². The van der Waals surface area contributed by atoms with Crippen molar-refractivity contribution in [2.24, 2.45) is 5.73 Å². The van der Waals surface area contributed by atoms with Crippen LogP contribution in [0.5, 0.6) is 0 Å². The lowest BCUT2D eigenvalue weighted by Gasteiger charge is -2.28. The Hall–Kier alpha value is -1.39. The van der Waals surface area contributed by atoms with Crippen LogP contribution in [-0.4, -0.2) is 41.9 Å². The number of likely N-dealkylation sites (tertiary alicyclic amines) is 1. The minimum absolute atomic E-state index is 0.0673. The molecule has 0 spiro atoms. The zero-order chi connectivity index (χ0) is 14.5. The predicted octanol–water partition coefficient (Wildman–Crippen LogP) is 1.59. The Morgan fingerprint density at radius 3 is 2.35 bits per heavy atom. The molecule has 4 heteroatoms.